The van der Waals surface area contributed by atoms with Crippen LogP contribution in [-0.4, -0.2) is 37.7 Å². The van der Waals surface area contributed by atoms with Gasteiger partial charge >= 0.3 is 0 Å². The SMILES string of the molecule is CCC(N)C(c1cccc(Cl)c1)N1CCC(COC)C1. The molecule has 0 amide bonds. The third-order valence-corrected chi connectivity index (χ3v) is 4.42. The van der Waals surface area contributed by atoms with E-state index in [1.54, 1.807) is 7.11 Å². The quantitative estimate of drug-likeness (QED) is 0.877. The summed E-state index contributed by atoms with van der Waals surface area (Å²) in [5, 5.41) is 0.781. The number of hydrogen-bond donors (Lipinski definition) is 1. The van der Waals surface area contributed by atoms with E-state index in [9.17, 15) is 0 Å². The van der Waals surface area contributed by atoms with Gasteiger partial charge in [-0.05, 0) is 43.0 Å². The Balaban J connectivity index is 2.16. The number of rotatable bonds is 6. The van der Waals surface area contributed by atoms with Crippen molar-refractivity contribution in [1.82, 2.24) is 4.90 Å². The molecule has 1 aromatic carbocycles. The first-order valence-corrected chi connectivity index (χ1v) is 7.77. The number of nitrogens with zero attached hydrogens (tertiary/aromatic N) is 1. The molecule has 0 spiro atoms. The number of hydrogen-bond acceptors (Lipinski definition) is 3. The standard InChI is InChI=1S/C16H25ClN2O/c1-3-15(18)16(13-5-4-6-14(17)9-13)19-8-7-12(10-19)11-20-2/h4-6,9,12,15-16H,3,7-8,10-11,18H2,1-2H3. The van der Waals surface area contributed by atoms with Gasteiger partial charge in [-0.3, -0.25) is 4.90 Å². The molecule has 1 aliphatic rings. The lowest BCUT2D eigenvalue weighted by atomic mass is 9.96. The second kappa shape index (κ2) is 7.41. The van der Waals surface area contributed by atoms with Gasteiger partial charge in [0.05, 0.1) is 6.61 Å². The molecule has 0 aliphatic carbocycles. The Labute approximate surface area is 127 Å². The molecule has 112 valence electrons. The topological polar surface area (TPSA) is 38.5 Å². The normalized spacial score (nSPS) is 22.9. The minimum atomic E-state index is 0.134. The van der Waals surface area contributed by atoms with Crippen LogP contribution in [0.2, 0.25) is 5.02 Å². The summed E-state index contributed by atoms with van der Waals surface area (Å²) in [6.07, 6.45) is 2.14. The van der Waals surface area contributed by atoms with Crippen molar-refractivity contribution in [2.24, 2.45) is 11.7 Å². The summed E-state index contributed by atoms with van der Waals surface area (Å²) in [4.78, 5) is 2.49. The fourth-order valence-corrected chi connectivity index (χ4v) is 3.33. The lowest BCUT2D eigenvalue weighted by molar-refractivity contribution is 0.142. The average molecular weight is 297 g/mol. The molecule has 1 aliphatic heterocycles. The Hall–Kier alpha value is -0.610. The maximum absolute atomic E-state index is 6.38. The summed E-state index contributed by atoms with van der Waals surface area (Å²) >= 11 is 6.14. The summed E-state index contributed by atoms with van der Waals surface area (Å²) in [5.74, 6) is 0.616. The second-order valence-corrected chi connectivity index (χ2v) is 6.11. The van der Waals surface area contributed by atoms with Crippen molar-refractivity contribution in [3.05, 3.63) is 34.9 Å². The smallest absolute Gasteiger partial charge is 0.0503 e. The number of nitrogens with two attached hydrogens (primary N) is 1. The van der Waals surface area contributed by atoms with E-state index < -0.39 is 0 Å². The Kier molecular flexibility index (Phi) is 5.85. The minimum absolute atomic E-state index is 0.134. The summed E-state index contributed by atoms with van der Waals surface area (Å²) < 4.78 is 5.29. The third-order valence-electron chi connectivity index (χ3n) is 4.18. The van der Waals surface area contributed by atoms with E-state index in [1.165, 1.54) is 12.0 Å². The largest absolute Gasteiger partial charge is 0.384 e. The Morgan fingerprint density at radius 2 is 2.30 bits per heavy atom. The maximum atomic E-state index is 6.38. The third kappa shape index (κ3) is 3.73. The van der Waals surface area contributed by atoms with Crippen LogP contribution in [0, 0.1) is 5.92 Å². The van der Waals surface area contributed by atoms with Crippen LogP contribution in [0.15, 0.2) is 24.3 Å². The van der Waals surface area contributed by atoms with Gasteiger partial charge in [0.2, 0.25) is 0 Å². The molecular weight excluding hydrogens is 272 g/mol. The summed E-state index contributed by atoms with van der Waals surface area (Å²) in [5.41, 5.74) is 7.61. The van der Waals surface area contributed by atoms with Crippen molar-refractivity contribution in [3.63, 3.8) is 0 Å². The van der Waals surface area contributed by atoms with Gasteiger partial charge in [0.25, 0.3) is 0 Å². The first-order valence-electron chi connectivity index (χ1n) is 7.39. The minimum Gasteiger partial charge on any atom is -0.384 e. The molecule has 1 aromatic rings. The molecule has 3 nitrogen and oxygen atoms in total. The Bertz CT molecular complexity index is 427. The van der Waals surface area contributed by atoms with Gasteiger partial charge in [-0.2, -0.15) is 0 Å². The molecule has 2 N–H and O–H groups in total. The molecule has 1 fully saturated rings. The molecule has 3 atom stereocenters. The van der Waals surface area contributed by atoms with Crippen LogP contribution < -0.4 is 5.73 Å². The van der Waals surface area contributed by atoms with E-state index in [1.807, 2.05) is 18.2 Å². The van der Waals surface area contributed by atoms with Crippen LogP contribution in [0.3, 0.4) is 0 Å². The Morgan fingerprint density at radius 1 is 1.50 bits per heavy atom. The van der Waals surface area contributed by atoms with Crippen molar-refractivity contribution >= 4 is 11.6 Å². The number of benzene rings is 1. The lowest BCUT2D eigenvalue weighted by Crippen LogP contribution is -2.40. The van der Waals surface area contributed by atoms with Crippen molar-refractivity contribution in [2.45, 2.75) is 31.8 Å². The lowest BCUT2D eigenvalue weighted by Gasteiger charge is -2.33. The van der Waals surface area contributed by atoms with E-state index in [-0.39, 0.29) is 12.1 Å². The van der Waals surface area contributed by atoms with Crippen molar-refractivity contribution in [2.75, 3.05) is 26.8 Å². The van der Waals surface area contributed by atoms with Gasteiger partial charge in [0, 0.05) is 30.8 Å². The second-order valence-electron chi connectivity index (χ2n) is 5.68. The predicted molar refractivity (Wildman–Crippen MR) is 84.0 cm³/mol. The van der Waals surface area contributed by atoms with Crippen molar-refractivity contribution in [1.29, 1.82) is 0 Å². The maximum Gasteiger partial charge on any atom is 0.0503 e. The van der Waals surface area contributed by atoms with Crippen LogP contribution in [0.1, 0.15) is 31.4 Å². The van der Waals surface area contributed by atoms with E-state index in [0.717, 1.165) is 31.1 Å². The van der Waals surface area contributed by atoms with Crippen molar-refractivity contribution < 1.29 is 4.74 Å². The molecule has 0 bridgehead atoms. The molecule has 0 saturated carbocycles. The molecule has 1 saturated heterocycles. The fourth-order valence-electron chi connectivity index (χ4n) is 3.13. The summed E-state index contributed by atoms with van der Waals surface area (Å²) in [7, 11) is 1.77. The van der Waals surface area contributed by atoms with Crippen LogP contribution in [0.4, 0.5) is 0 Å². The number of likely N-dealkylation sites (tertiary alicyclic amines) is 1. The molecule has 3 unspecified atom stereocenters. The highest BCUT2D eigenvalue weighted by atomic mass is 35.5. The Morgan fingerprint density at radius 3 is 2.95 bits per heavy atom. The first-order chi connectivity index (χ1) is 9.65. The average Bonchev–Trinajstić information content (AvgIpc) is 2.87. The van der Waals surface area contributed by atoms with Crippen LogP contribution >= 0.6 is 11.6 Å². The van der Waals surface area contributed by atoms with E-state index in [0.29, 0.717) is 5.92 Å². The molecule has 0 radical (unpaired) electrons. The van der Waals surface area contributed by atoms with Gasteiger partial charge in [-0.1, -0.05) is 30.7 Å². The first kappa shape index (κ1) is 15.8. The molecule has 2 rings (SSSR count). The zero-order chi connectivity index (χ0) is 14.5. The van der Waals surface area contributed by atoms with Gasteiger partial charge < -0.3 is 10.5 Å². The van der Waals surface area contributed by atoms with Crippen LogP contribution in [-0.2, 0) is 4.74 Å². The van der Waals surface area contributed by atoms with Gasteiger partial charge in [-0.25, -0.2) is 0 Å². The van der Waals surface area contributed by atoms with E-state index >= 15 is 0 Å². The summed E-state index contributed by atoms with van der Waals surface area (Å²) in [6, 6.07) is 8.49. The zero-order valence-corrected chi connectivity index (χ0v) is 13.1. The van der Waals surface area contributed by atoms with Gasteiger partial charge in [0.1, 0.15) is 0 Å². The fraction of sp³-hybridized carbons (Fsp3) is 0.625. The van der Waals surface area contributed by atoms with E-state index in [2.05, 4.69) is 17.9 Å². The zero-order valence-electron chi connectivity index (χ0n) is 12.4. The summed E-state index contributed by atoms with van der Waals surface area (Å²) in [6.45, 7) is 5.11. The highest BCUT2D eigenvalue weighted by Crippen LogP contribution is 2.31. The molecule has 0 aromatic heterocycles. The molecule has 4 heteroatoms. The van der Waals surface area contributed by atoms with Crippen molar-refractivity contribution in [3.8, 4) is 0 Å². The van der Waals surface area contributed by atoms with Gasteiger partial charge in [0.15, 0.2) is 0 Å². The molecular formula is C16H25ClN2O. The highest BCUT2D eigenvalue weighted by molar-refractivity contribution is 6.30. The monoisotopic (exact) mass is 296 g/mol. The van der Waals surface area contributed by atoms with Crippen LogP contribution in [0.5, 0.6) is 0 Å². The predicted octanol–water partition coefficient (Wildman–Crippen LogP) is 3.09. The van der Waals surface area contributed by atoms with E-state index in [4.69, 9.17) is 22.1 Å². The highest BCUT2D eigenvalue weighted by Gasteiger charge is 2.32. The molecule has 20 heavy (non-hydrogen) atoms. The number of ether oxygens (including phenoxy) is 1. The van der Waals surface area contributed by atoms with Gasteiger partial charge in [-0.15, -0.1) is 0 Å². The number of halogens is 1. The number of methoxy groups -OCH3 is 1. The van der Waals surface area contributed by atoms with Crippen LogP contribution in [0.25, 0.3) is 0 Å². The molecule has 1 heterocycles.